The quantitative estimate of drug-likeness (QED) is 0.125. The first-order valence-electron chi connectivity index (χ1n) is 31.9. The van der Waals surface area contributed by atoms with E-state index in [1.54, 1.807) is 36.4 Å². The predicted molar refractivity (Wildman–Crippen MR) is 379 cm³/mol. The van der Waals surface area contributed by atoms with E-state index in [1.165, 1.54) is 24.3 Å². The largest absolute Gasteiger partial charge is 0.416 e. The highest BCUT2D eigenvalue weighted by molar-refractivity contribution is 5.95. The van der Waals surface area contributed by atoms with Crippen LogP contribution in [0.25, 0.3) is 156 Å². The molecule has 12 aromatic carbocycles. The first-order chi connectivity index (χ1) is 48.8. The third-order valence-corrected chi connectivity index (χ3v) is 17.2. The van der Waals surface area contributed by atoms with Crippen LogP contribution in [-0.2, 0) is 18.5 Å². The van der Waals surface area contributed by atoms with Crippen molar-refractivity contribution >= 4 is 44.1 Å². The van der Waals surface area contributed by atoms with E-state index in [9.17, 15) is 39.5 Å². The van der Waals surface area contributed by atoms with Gasteiger partial charge in [0, 0.05) is 44.5 Å². The van der Waals surface area contributed by atoms with Crippen LogP contribution >= 0.6 is 0 Å². The zero-order valence-corrected chi connectivity index (χ0v) is 53.2. The topological polar surface area (TPSA) is 103 Å². The van der Waals surface area contributed by atoms with Crippen molar-refractivity contribution in [2.75, 3.05) is 0 Å². The summed E-state index contributed by atoms with van der Waals surface area (Å²) in [5, 5.41) is 0. The third kappa shape index (κ3) is 13.5. The van der Waals surface area contributed by atoms with Gasteiger partial charge in [0.15, 0.2) is 0 Å². The highest BCUT2D eigenvalue weighted by Gasteiger charge is 2.33. The van der Waals surface area contributed by atoms with Gasteiger partial charge >= 0.3 is 18.5 Å². The third-order valence-electron chi connectivity index (χ3n) is 17.2. The van der Waals surface area contributed by atoms with Crippen molar-refractivity contribution in [3.05, 3.63) is 313 Å². The van der Waals surface area contributed by atoms with Crippen molar-refractivity contribution in [1.82, 2.24) is 39.9 Å². The molecule has 490 valence electrons. The predicted octanol–water partition coefficient (Wildman–Crippen LogP) is 23.2. The maximum Gasteiger partial charge on any atom is 0.416 e. The molecule has 0 aliphatic carbocycles. The minimum atomic E-state index is -4.54. The number of alkyl halides is 9. The molecule has 101 heavy (non-hydrogen) atoms. The molecule has 0 spiro atoms. The average molecular weight is 1340 g/mol. The second kappa shape index (κ2) is 26.3. The zero-order valence-electron chi connectivity index (χ0n) is 53.2. The molecule has 0 aliphatic rings. The lowest BCUT2D eigenvalue weighted by Gasteiger charge is -2.14. The lowest BCUT2D eigenvalue weighted by Crippen LogP contribution is -2.05. The number of nitrogens with zero attached hydrogens (tertiary/aromatic N) is 8. The molecule has 8 nitrogen and oxygen atoms in total. The normalized spacial score (nSPS) is 11.9. The molecule has 0 bridgehead atoms. The second-order valence-electron chi connectivity index (χ2n) is 24.1. The number of aromatic nitrogens is 8. The smallest absolute Gasteiger partial charge is 0.244 e. The fourth-order valence-corrected chi connectivity index (χ4v) is 12.1. The van der Waals surface area contributed by atoms with Crippen molar-refractivity contribution in [2.45, 2.75) is 25.5 Å². The molecule has 0 aliphatic heterocycles. The molecule has 17 heteroatoms. The molecule has 16 rings (SSSR count). The molecule has 4 aromatic heterocycles. The Morgan fingerprint density at radius 2 is 0.396 bits per heavy atom. The number of hydrogen-bond acceptors (Lipinski definition) is 8. The Bertz CT molecular complexity index is 5600. The van der Waals surface area contributed by atoms with Crippen molar-refractivity contribution < 1.29 is 39.5 Å². The molecule has 0 saturated carbocycles. The number of aryl methyl sites for hydroxylation is 1. The van der Waals surface area contributed by atoms with Crippen molar-refractivity contribution in [3.8, 4) is 112 Å². The van der Waals surface area contributed by atoms with E-state index >= 15 is 0 Å². The van der Waals surface area contributed by atoms with Crippen LogP contribution in [0.2, 0.25) is 0 Å². The molecule has 0 saturated heterocycles. The summed E-state index contributed by atoms with van der Waals surface area (Å²) >= 11 is 0. The van der Waals surface area contributed by atoms with Gasteiger partial charge in [0.25, 0.3) is 0 Å². The summed E-state index contributed by atoms with van der Waals surface area (Å²) in [4.78, 5) is 39.7. The Balaban J connectivity index is 0.000000164. The van der Waals surface area contributed by atoms with E-state index in [-0.39, 0.29) is 11.1 Å². The lowest BCUT2D eigenvalue weighted by atomic mass is 10.00. The lowest BCUT2D eigenvalue weighted by molar-refractivity contribution is -0.138. The van der Waals surface area contributed by atoms with E-state index in [0.717, 1.165) is 103 Å². The van der Waals surface area contributed by atoms with Crippen LogP contribution in [0.1, 0.15) is 22.3 Å². The van der Waals surface area contributed by atoms with Gasteiger partial charge in [-0.1, -0.05) is 212 Å². The van der Waals surface area contributed by atoms with Gasteiger partial charge in [-0.25, -0.2) is 39.9 Å². The summed E-state index contributed by atoms with van der Waals surface area (Å²) in [6.07, 6.45) is -13.5. The Labute approximate surface area is 571 Å². The van der Waals surface area contributed by atoms with Gasteiger partial charge in [-0.15, -0.1) is 0 Å². The van der Waals surface area contributed by atoms with E-state index in [0.29, 0.717) is 84.0 Å². The van der Waals surface area contributed by atoms with Crippen molar-refractivity contribution in [3.63, 3.8) is 0 Å². The van der Waals surface area contributed by atoms with E-state index in [1.807, 2.05) is 170 Å². The number of hydrogen-bond donors (Lipinski definition) is 0. The molecule has 0 atom stereocenters. The number of fused-ring (bicyclic) bond motifs is 4. The summed E-state index contributed by atoms with van der Waals surface area (Å²) in [5.74, 6) is 0. The summed E-state index contributed by atoms with van der Waals surface area (Å²) in [6, 6.07) is 84.1. The molecule has 0 N–H and O–H groups in total. The van der Waals surface area contributed by atoms with E-state index in [4.69, 9.17) is 39.9 Å². The highest BCUT2D eigenvalue weighted by atomic mass is 19.4. The Hall–Kier alpha value is -12.6. The standard InChI is InChI=1S/C42H24F6N4.C42H27F3N4/c43-41(44,45)31-15-7-13-29(21-31)39-37(25-9-3-1-4-10-25)49-33-19-17-27(23-35(33)51-39)28-18-20-34-36(24-28)52-40(38(50-34)26-11-5-2-6-12-26)30-14-8-16-32(22-30)42(46,47)48;1-26-12-14-29(15-13-26)40-38(27-8-4-2-5-9-27)46-34-22-18-31(24-36(34)48-40)32-19-23-35-37(25-32)49-41(39(47-35)28-10-6-3-7-11-28)30-16-20-33(21-17-30)42(43,44)45/h1-24H;2-25H,1H3. The molecule has 0 fully saturated rings. The Kier molecular flexibility index (Phi) is 16.8. The Morgan fingerprint density at radius 1 is 0.178 bits per heavy atom. The first-order valence-corrected chi connectivity index (χ1v) is 31.9. The van der Waals surface area contributed by atoms with Crippen molar-refractivity contribution in [1.29, 1.82) is 0 Å². The van der Waals surface area contributed by atoms with Crippen LogP contribution in [0.3, 0.4) is 0 Å². The molecule has 4 heterocycles. The van der Waals surface area contributed by atoms with Crippen molar-refractivity contribution in [2.24, 2.45) is 0 Å². The van der Waals surface area contributed by atoms with E-state index < -0.39 is 35.2 Å². The fraction of sp³-hybridized carbons (Fsp3) is 0.0476. The number of benzene rings is 12. The van der Waals surface area contributed by atoms with Gasteiger partial charge in [0.05, 0.1) is 106 Å². The van der Waals surface area contributed by atoms with Gasteiger partial charge in [0.1, 0.15) is 0 Å². The molecule has 16 aromatic rings. The maximum absolute atomic E-state index is 13.7. The Morgan fingerprint density at radius 3 is 0.663 bits per heavy atom. The molecule has 0 unspecified atom stereocenters. The first kappa shape index (κ1) is 64.4. The zero-order chi connectivity index (χ0) is 69.6. The molecule has 0 amide bonds. The number of rotatable bonds is 10. The van der Waals surface area contributed by atoms with Crippen LogP contribution in [0.5, 0.6) is 0 Å². The average Bonchev–Trinajstić information content (AvgIpc) is 0.780. The van der Waals surface area contributed by atoms with Crippen LogP contribution < -0.4 is 0 Å². The summed E-state index contributed by atoms with van der Waals surface area (Å²) in [7, 11) is 0. The summed E-state index contributed by atoms with van der Waals surface area (Å²) in [6.45, 7) is 2.06. The van der Waals surface area contributed by atoms with Gasteiger partial charge < -0.3 is 0 Å². The van der Waals surface area contributed by atoms with Gasteiger partial charge in [0.2, 0.25) is 0 Å². The number of halogens is 9. The summed E-state index contributed by atoms with van der Waals surface area (Å²) < 4.78 is 122. The van der Waals surface area contributed by atoms with Crippen LogP contribution in [0.15, 0.2) is 291 Å². The van der Waals surface area contributed by atoms with Gasteiger partial charge in [-0.2, -0.15) is 39.5 Å². The molecule has 0 radical (unpaired) electrons. The van der Waals surface area contributed by atoms with Gasteiger partial charge in [-0.3, -0.25) is 0 Å². The minimum absolute atomic E-state index is 0.269. The highest BCUT2D eigenvalue weighted by Crippen LogP contribution is 2.42. The monoisotopic (exact) mass is 1340 g/mol. The molecular formula is C84H51F9N8. The van der Waals surface area contributed by atoms with Gasteiger partial charge in [-0.05, 0) is 114 Å². The van der Waals surface area contributed by atoms with Crippen LogP contribution in [0.4, 0.5) is 39.5 Å². The fourth-order valence-electron chi connectivity index (χ4n) is 12.1. The minimum Gasteiger partial charge on any atom is -0.244 e. The van der Waals surface area contributed by atoms with E-state index in [2.05, 4.69) is 31.2 Å². The molecular weight excluding hydrogens is 1290 g/mol. The van der Waals surface area contributed by atoms with Crippen LogP contribution in [-0.4, -0.2) is 39.9 Å². The second-order valence-corrected chi connectivity index (χ2v) is 24.1. The summed E-state index contributed by atoms with van der Waals surface area (Å²) in [5.41, 5.74) is 16.4. The van der Waals surface area contributed by atoms with Crippen LogP contribution in [0, 0.1) is 6.92 Å². The maximum atomic E-state index is 13.7. The SMILES string of the molecule is Cc1ccc(-c2nc3cc(-c4ccc5nc(-c6ccccc6)c(-c6ccc(C(F)(F)F)cc6)nc5c4)ccc3nc2-c2ccccc2)cc1.FC(F)(F)c1cccc(-c2nc3cc(-c4ccc5nc(-c6ccccc6)c(-c6cccc(C(F)(F)F)c6)nc5c4)ccc3nc2-c2ccccc2)c1.